The molecule has 2 aromatic rings. The van der Waals surface area contributed by atoms with Crippen LogP contribution in [0.25, 0.3) is 0 Å². The zero-order valence-electron chi connectivity index (χ0n) is 10.1. The van der Waals surface area contributed by atoms with Gasteiger partial charge in [-0.3, -0.25) is 0 Å². The molecule has 6 heteroatoms. The summed E-state index contributed by atoms with van der Waals surface area (Å²) in [5.41, 5.74) is 2.97. The van der Waals surface area contributed by atoms with Gasteiger partial charge < -0.3 is 10.2 Å². The molecule has 2 rings (SSSR count). The van der Waals surface area contributed by atoms with Crippen LogP contribution in [0.15, 0.2) is 24.3 Å². The average molecular weight is 248 g/mol. The molecule has 0 aliphatic carbocycles. The second kappa shape index (κ2) is 4.97. The highest BCUT2D eigenvalue weighted by Gasteiger charge is 2.05. The maximum atomic E-state index is 13.4. The maximum absolute atomic E-state index is 13.4. The minimum absolute atomic E-state index is 0.304. The summed E-state index contributed by atoms with van der Waals surface area (Å²) >= 11 is 0. The Morgan fingerprint density at radius 1 is 1.22 bits per heavy atom. The number of anilines is 1. The van der Waals surface area contributed by atoms with Crippen LogP contribution in [0.3, 0.4) is 0 Å². The van der Waals surface area contributed by atoms with Crippen molar-refractivity contribution >= 4 is 5.82 Å². The van der Waals surface area contributed by atoms with Gasteiger partial charge in [-0.2, -0.15) is 4.98 Å². The van der Waals surface area contributed by atoms with E-state index in [1.165, 1.54) is 12.1 Å². The van der Waals surface area contributed by atoms with Gasteiger partial charge in [-0.05, 0) is 25.5 Å². The number of aryl methyl sites for hydroxylation is 2. The number of ether oxygens (including phenoxy) is 1. The predicted octanol–water partition coefficient (Wildman–Crippen LogP) is 2.31. The van der Waals surface area contributed by atoms with Crippen molar-refractivity contribution in [1.82, 2.24) is 9.97 Å². The summed E-state index contributed by atoms with van der Waals surface area (Å²) in [6.45, 7) is 3.40. The van der Waals surface area contributed by atoms with Gasteiger partial charge in [0.2, 0.25) is 5.88 Å². The number of hydrogen-bond donors (Lipinski definition) is 2. The molecule has 5 nitrogen and oxygen atoms in total. The summed E-state index contributed by atoms with van der Waals surface area (Å²) < 4.78 is 18.8. The monoisotopic (exact) mass is 248 g/mol. The number of nitrogen functional groups attached to an aromatic ring is 1. The van der Waals surface area contributed by atoms with E-state index in [4.69, 9.17) is 10.6 Å². The van der Waals surface area contributed by atoms with Gasteiger partial charge in [0.25, 0.3) is 0 Å². The summed E-state index contributed by atoms with van der Waals surface area (Å²) in [6.07, 6.45) is 0. The van der Waals surface area contributed by atoms with Crippen molar-refractivity contribution in [2.75, 3.05) is 5.43 Å². The molecule has 1 aromatic heterocycles. The Morgan fingerprint density at radius 3 is 2.67 bits per heavy atom. The summed E-state index contributed by atoms with van der Waals surface area (Å²) in [7, 11) is 0. The van der Waals surface area contributed by atoms with E-state index in [1.807, 2.05) is 0 Å². The zero-order chi connectivity index (χ0) is 13.1. The molecule has 0 fully saturated rings. The lowest BCUT2D eigenvalue weighted by Crippen LogP contribution is -2.09. The average Bonchev–Trinajstić information content (AvgIpc) is 2.33. The van der Waals surface area contributed by atoms with E-state index < -0.39 is 0 Å². The number of benzene rings is 1. The first-order chi connectivity index (χ1) is 8.58. The minimum Gasteiger partial charge on any atom is -0.439 e. The molecule has 0 bridgehead atoms. The molecule has 0 aliphatic heterocycles. The molecular weight excluding hydrogens is 235 g/mol. The van der Waals surface area contributed by atoms with Crippen molar-refractivity contribution in [1.29, 1.82) is 0 Å². The summed E-state index contributed by atoms with van der Waals surface area (Å²) in [6, 6.07) is 6.15. The molecule has 94 valence electrons. The number of rotatable bonds is 3. The lowest BCUT2D eigenvalue weighted by Gasteiger charge is -2.08. The molecule has 0 saturated heterocycles. The second-order valence-electron chi connectivity index (χ2n) is 3.80. The highest BCUT2D eigenvalue weighted by molar-refractivity contribution is 5.39. The Bertz CT molecular complexity index is 574. The minimum atomic E-state index is -0.324. The fourth-order valence-corrected chi connectivity index (χ4v) is 1.42. The Kier molecular flexibility index (Phi) is 3.38. The van der Waals surface area contributed by atoms with E-state index >= 15 is 0 Å². The third-order valence-corrected chi connectivity index (χ3v) is 2.33. The van der Waals surface area contributed by atoms with Gasteiger partial charge in [-0.25, -0.2) is 15.2 Å². The third-order valence-electron chi connectivity index (χ3n) is 2.33. The molecule has 1 heterocycles. The molecular formula is C12H13FN4O. The van der Waals surface area contributed by atoms with Gasteiger partial charge in [0, 0.05) is 12.1 Å². The molecule has 3 N–H and O–H groups in total. The van der Waals surface area contributed by atoms with Crippen LogP contribution in [0.1, 0.15) is 11.4 Å². The molecule has 0 amide bonds. The zero-order valence-corrected chi connectivity index (χ0v) is 10.1. The lowest BCUT2D eigenvalue weighted by molar-refractivity contribution is 0.455. The lowest BCUT2D eigenvalue weighted by atomic mass is 10.2. The van der Waals surface area contributed by atoms with Gasteiger partial charge in [-0.1, -0.05) is 6.07 Å². The topological polar surface area (TPSA) is 73.1 Å². The van der Waals surface area contributed by atoms with E-state index in [2.05, 4.69) is 15.4 Å². The van der Waals surface area contributed by atoms with Gasteiger partial charge >= 0.3 is 0 Å². The fourth-order valence-electron chi connectivity index (χ4n) is 1.42. The molecule has 0 saturated carbocycles. The Morgan fingerprint density at radius 2 is 2.00 bits per heavy atom. The molecule has 0 radical (unpaired) electrons. The molecule has 0 unspecified atom stereocenters. The Balaban J connectivity index is 2.27. The first-order valence-corrected chi connectivity index (χ1v) is 5.35. The van der Waals surface area contributed by atoms with Crippen molar-refractivity contribution in [2.45, 2.75) is 13.8 Å². The number of nitrogens with two attached hydrogens (primary N) is 1. The van der Waals surface area contributed by atoms with Crippen molar-refractivity contribution in [3.05, 3.63) is 41.5 Å². The third kappa shape index (κ3) is 2.72. The highest BCUT2D eigenvalue weighted by atomic mass is 19.1. The quantitative estimate of drug-likeness (QED) is 0.644. The Hall–Kier alpha value is -2.21. The normalized spacial score (nSPS) is 10.2. The number of nitrogens with zero attached hydrogens (tertiary/aromatic N) is 2. The molecule has 1 aromatic carbocycles. The molecule has 18 heavy (non-hydrogen) atoms. The highest BCUT2D eigenvalue weighted by Crippen LogP contribution is 2.23. The number of nitrogens with one attached hydrogen (secondary N) is 1. The standard InChI is InChI=1S/C12H13FN4O/c1-7-3-4-9(5-10(7)13)18-12-6-11(17-14)15-8(2)16-12/h3-6H,14H2,1-2H3,(H,15,16,17). The van der Waals surface area contributed by atoms with E-state index in [1.54, 1.807) is 26.0 Å². The first-order valence-electron chi connectivity index (χ1n) is 5.35. The van der Waals surface area contributed by atoms with Crippen LogP contribution in [0.5, 0.6) is 11.6 Å². The predicted molar refractivity (Wildman–Crippen MR) is 65.8 cm³/mol. The summed E-state index contributed by atoms with van der Waals surface area (Å²) in [5, 5.41) is 0. The molecule has 0 aliphatic rings. The number of hydrogen-bond acceptors (Lipinski definition) is 5. The smallest absolute Gasteiger partial charge is 0.224 e. The van der Waals surface area contributed by atoms with Gasteiger partial charge in [-0.15, -0.1) is 0 Å². The number of hydrazine groups is 1. The van der Waals surface area contributed by atoms with Crippen LogP contribution in [0.2, 0.25) is 0 Å². The van der Waals surface area contributed by atoms with E-state index in [9.17, 15) is 4.39 Å². The van der Waals surface area contributed by atoms with Crippen molar-refractivity contribution in [3.8, 4) is 11.6 Å². The SMILES string of the molecule is Cc1nc(NN)cc(Oc2ccc(C)c(F)c2)n1. The first kappa shape index (κ1) is 12.3. The van der Waals surface area contributed by atoms with Gasteiger partial charge in [0.05, 0.1) is 0 Å². The summed E-state index contributed by atoms with van der Waals surface area (Å²) in [5.74, 6) is 6.57. The van der Waals surface area contributed by atoms with E-state index in [-0.39, 0.29) is 5.82 Å². The van der Waals surface area contributed by atoms with Crippen LogP contribution in [-0.4, -0.2) is 9.97 Å². The van der Waals surface area contributed by atoms with Gasteiger partial charge in [0.1, 0.15) is 23.2 Å². The van der Waals surface area contributed by atoms with Crippen LogP contribution < -0.4 is 16.0 Å². The fraction of sp³-hybridized carbons (Fsp3) is 0.167. The summed E-state index contributed by atoms with van der Waals surface area (Å²) in [4.78, 5) is 8.10. The van der Waals surface area contributed by atoms with Gasteiger partial charge in [0.15, 0.2) is 0 Å². The van der Waals surface area contributed by atoms with E-state index in [0.29, 0.717) is 28.8 Å². The maximum Gasteiger partial charge on any atom is 0.224 e. The second-order valence-corrected chi connectivity index (χ2v) is 3.80. The van der Waals surface area contributed by atoms with Crippen molar-refractivity contribution in [2.24, 2.45) is 5.84 Å². The Labute approximate surface area is 104 Å². The van der Waals surface area contributed by atoms with Crippen LogP contribution >= 0.6 is 0 Å². The number of halogens is 1. The van der Waals surface area contributed by atoms with Crippen molar-refractivity contribution in [3.63, 3.8) is 0 Å². The molecule has 0 atom stereocenters. The van der Waals surface area contributed by atoms with Crippen LogP contribution in [0.4, 0.5) is 10.2 Å². The number of aromatic nitrogens is 2. The van der Waals surface area contributed by atoms with Crippen LogP contribution in [0, 0.1) is 19.7 Å². The van der Waals surface area contributed by atoms with E-state index in [0.717, 1.165) is 0 Å². The largest absolute Gasteiger partial charge is 0.439 e. The molecule has 0 spiro atoms. The van der Waals surface area contributed by atoms with Crippen LogP contribution in [-0.2, 0) is 0 Å². The van der Waals surface area contributed by atoms with Crippen molar-refractivity contribution < 1.29 is 9.13 Å².